The van der Waals surface area contributed by atoms with Crippen LogP contribution in [0.2, 0.25) is 0 Å². The highest BCUT2D eigenvalue weighted by Gasteiger charge is 2.31. The van der Waals surface area contributed by atoms with Crippen LogP contribution in [0.15, 0.2) is 0 Å². The second-order valence-corrected chi connectivity index (χ2v) is 5.70. The maximum Gasteiger partial charge on any atom is 0.235 e. The monoisotopic (exact) mass is 255 g/mol. The highest BCUT2D eigenvalue weighted by atomic mass is 16.5. The fourth-order valence-corrected chi connectivity index (χ4v) is 2.59. The molecule has 0 aromatic heterocycles. The lowest BCUT2D eigenvalue weighted by Crippen LogP contribution is -2.53. The van der Waals surface area contributed by atoms with Crippen LogP contribution in [0.1, 0.15) is 26.2 Å². The average molecular weight is 255 g/mol. The summed E-state index contributed by atoms with van der Waals surface area (Å²) in [6.45, 7) is 4.85. The number of piperidine rings is 1. The molecule has 1 saturated carbocycles. The van der Waals surface area contributed by atoms with Crippen LogP contribution in [-0.4, -0.2) is 55.7 Å². The minimum Gasteiger partial charge on any atom is -0.380 e. The number of nitrogens with zero attached hydrogens (tertiary/aromatic N) is 1. The van der Waals surface area contributed by atoms with E-state index in [-0.39, 0.29) is 18.1 Å². The first kappa shape index (κ1) is 13.8. The molecule has 0 radical (unpaired) electrons. The molecule has 2 aliphatic rings. The Balaban J connectivity index is 1.84. The zero-order valence-electron chi connectivity index (χ0n) is 11.4. The second-order valence-electron chi connectivity index (χ2n) is 5.70. The van der Waals surface area contributed by atoms with Gasteiger partial charge in [-0.3, -0.25) is 9.69 Å². The Morgan fingerprint density at radius 2 is 2.22 bits per heavy atom. The molecule has 0 spiro atoms. The Morgan fingerprint density at radius 1 is 1.50 bits per heavy atom. The Labute approximate surface area is 109 Å². The predicted molar refractivity (Wildman–Crippen MR) is 70.2 cm³/mol. The summed E-state index contributed by atoms with van der Waals surface area (Å²) in [5.41, 5.74) is 5.47. The van der Waals surface area contributed by atoms with Crippen molar-refractivity contribution in [3.8, 4) is 0 Å². The van der Waals surface area contributed by atoms with Gasteiger partial charge in [0.1, 0.15) is 0 Å². The number of rotatable bonds is 6. The minimum absolute atomic E-state index is 0.219. The smallest absolute Gasteiger partial charge is 0.235 e. The van der Waals surface area contributed by atoms with E-state index in [0.717, 1.165) is 19.5 Å². The number of hydrogen-bond donors (Lipinski definition) is 2. The van der Waals surface area contributed by atoms with Gasteiger partial charge in [0.15, 0.2) is 0 Å². The average Bonchev–Trinajstić information content (AvgIpc) is 3.14. The number of hydrogen-bond acceptors (Lipinski definition) is 4. The molecule has 0 bridgehead atoms. The van der Waals surface area contributed by atoms with E-state index in [1.807, 2.05) is 0 Å². The number of likely N-dealkylation sites (tertiary alicyclic amines) is 1. The van der Waals surface area contributed by atoms with Gasteiger partial charge in [0.25, 0.3) is 0 Å². The van der Waals surface area contributed by atoms with Gasteiger partial charge in [-0.15, -0.1) is 0 Å². The number of methoxy groups -OCH3 is 1. The minimum atomic E-state index is -0.241. The number of primary amides is 1. The largest absolute Gasteiger partial charge is 0.380 e. The topological polar surface area (TPSA) is 67.6 Å². The second kappa shape index (κ2) is 5.99. The maximum atomic E-state index is 11.5. The summed E-state index contributed by atoms with van der Waals surface area (Å²) in [5.74, 6) is 0.351. The van der Waals surface area contributed by atoms with Crippen molar-refractivity contribution in [2.24, 2.45) is 11.7 Å². The molecular formula is C13H25N3O2. The van der Waals surface area contributed by atoms with Crippen LogP contribution < -0.4 is 11.1 Å². The third kappa shape index (κ3) is 3.67. The van der Waals surface area contributed by atoms with Crippen LogP contribution in [0.4, 0.5) is 0 Å². The SMILES string of the molecule is COC1CN(CC(NC2CC2)C(N)=O)CCC1C. The summed E-state index contributed by atoms with van der Waals surface area (Å²) >= 11 is 0. The number of nitrogens with one attached hydrogen (secondary N) is 1. The van der Waals surface area contributed by atoms with Gasteiger partial charge in [-0.05, 0) is 31.7 Å². The summed E-state index contributed by atoms with van der Waals surface area (Å²) in [7, 11) is 1.76. The zero-order valence-corrected chi connectivity index (χ0v) is 11.4. The Hall–Kier alpha value is -0.650. The first-order chi connectivity index (χ1) is 8.60. The Morgan fingerprint density at radius 3 is 2.78 bits per heavy atom. The molecule has 1 aliphatic carbocycles. The van der Waals surface area contributed by atoms with Gasteiger partial charge < -0.3 is 15.8 Å². The van der Waals surface area contributed by atoms with Crippen LogP contribution in [0.3, 0.4) is 0 Å². The predicted octanol–water partition coefficient (Wildman–Crippen LogP) is -0.0509. The normalized spacial score (nSPS) is 31.2. The summed E-state index contributed by atoms with van der Waals surface area (Å²) in [4.78, 5) is 13.7. The lowest BCUT2D eigenvalue weighted by molar-refractivity contribution is -0.121. The lowest BCUT2D eigenvalue weighted by atomic mass is 9.95. The lowest BCUT2D eigenvalue weighted by Gasteiger charge is -2.37. The van der Waals surface area contributed by atoms with Crippen molar-refractivity contribution in [3.63, 3.8) is 0 Å². The van der Waals surface area contributed by atoms with Gasteiger partial charge in [-0.1, -0.05) is 6.92 Å². The van der Waals surface area contributed by atoms with Gasteiger partial charge in [-0.2, -0.15) is 0 Å². The number of carbonyl (C=O) groups excluding carboxylic acids is 1. The first-order valence-electron chi connectivity index (χ1n) is 6.90. The number of nitrogens with two attached hydrogens (primary N) is 1. The molecule has 5 heteroatoms. The first-order valence-corrected chi connectivity index (χ1v) is 6.90. The molecule has 1 heterocycles. The molecule has 1 saturated heterocycles. The Kier molecular flexibility index (Phi) is 4.59. The molecule has 3 unspecified atom stereocenters. The molecule has 2 rings (SSSR count). The van der Waals surface area contributed by atoms with E-state index in [4.69, 9.17) is 10.5 Å². The molecule has 18 heavy (non-hydrogen) atoms. The van der Waals surface area contributed by atoms with E-state index in [9.17, 15) is 4.79 Å². The molecule has 0 aromatic carbocycles. The van der Waals surface area contributed by atoms with Crippen LogP contribution >= 0.6 is 0 Å². The molecule has 1 amide bonds. The van der Waals surface area contributed by atoms with Gasteiger partial charge in [0, 0.05) is 26.2 Å². The molecule has 1 aliphatic heterocycles. The van der Waals surface area contributed by atoms with Crippen LogP contribution in [-0.2, 0) is 9.53 Å². The van der Waals surface area contributed by atoms with E-state index in [1.54, 1.807) is 7.11 Å². The number of amides is 1. The van der Waals surface area contributed by atoms with E-state index in [0.29, 0.717) is 18.5 Å². The van der Waals surface area contributed by atoms with Gasteiger partial charge >= 0.3 is 0 Å². The number of carbonyl (C=O) groups is 1. The zero-order chi connectivity index (χ0) is 13.1. The van der Waals surface area contributed by atoms with Gasteiger partial charge in [-0.25, -0.2) is 0 Å². The molecule has 0 aromatic rings. The fourth-order valence-electron chi connectivity index (χ4n) is 2.59. The van der Waals surface area contributed by atoms with E-state index in [1.165, 1.54) is 12.8 Å². The van der Waals surface area contributed by atoms with E-state index < -0.39 is 0 Å². The molecule has 2 fully saturated rings. The van der Waals surface area contributed by atoms with E-state index >= 15 is 0 Å². The summed E-state index contributed by atoms with van der Waals surface area (Å²) in [6.07, 6.45) is 3.73. The quantitative estimate of drug-likeness (QED) is 0.698. The third-order valence-electron chi connectivity index (χ3n) is 4.07. The van der Waals surface area contributed by atoms with Crippen molar-refractivity contribution in [2.75, 3.05) is 26.7 Å². The highest BCUT2D eigenvalue weighted by molar-refractivity contribution is 5.80. The van der Waals surface area contributed by atoms with Gasteiger partial charge in [0.2, 0.25) is 5.91 Å². The maximum absolute atomic E-state index is 11.5. The van der Waals surface area contributed by atoms with Crippen molar-refractivity contribution in [2.45, 2.75) is 44.4 Å². The standard InChI is InChI=1S/C13H25N3O2/c1-9-5-6-16(8-12(9)18-2)7-11(13(14)17)15-10-3-4-10/h9-12,15H,3-8H2,1-2H3,(H2,14,17). The summed E-state index contributed by atoms with van der Waals surface area (Å²) in [6, 6.07) is 0.285. The number of ether oxygens (including phenoxy) is 1. The van der Waals surface area contributed by atoms with E-state index in [2.05, 4.69) is 17.1 Å². The van der Waals surface area contributed by atoms with Crippen LogP contribution in [0.25, 0.3) is 0 Å². The van der Waals surface area contributed by atoms with Gasteiger partial charge in [0.05, 0.1) is 12.1 Å². The third-order valence-corrected chi connectivity index (χ3v) is 4.07. The molecule has 3 atom stereocenters. The van der Waals surface area contributed by atoms with Crippen molar-refractivity contribution in [1.29, 1.82) is 0 Å². The van der Waals surface area contributed by atoms with Crippen molar-refractivity contribution in [3.05, 3.63) is 0 Å². The molecule has 3 N–H and O–H groups in total. The Bertz CT molecular complexity index is 294. The molecule has 104 valence electrons. The van der Waals surface area contributed by atoms with Crippen molar-refractivity contribution < 1.29 is 9.53 Å². The summed E-state index contributed by atoms with van der Waals surface area (Å²) < 4.78 is 5.49. The highest BCUT2D eigenvalue weighted by Crippen LogP contribution is 2.21. The molecular weight excluding hydrogens is 230 g/mol. The fraction of sp³-hybridized carbons (Fsp3) is 0.923. The van der Waals surface area contributed by atoms with Crippen LogP contribution in [0, 0.1) is 5.92 Å². The van der Waals surface area contributed by atoms with Crippen molar-refractivity contribution >= 4 is 5.91 Å². The summed E-state index contributed by atoms with van der Waals surface area (Å²) in [5, 5.41) is 3.32. The van der Waals surface area contributed by atoms with Crippen molar-refractivity contribution in [1.82, 2.24) is 10.2 Å². The molecule has 5 nitrogen and oxygen atoms in total. The van der Waals surface area contributed by atoms with Crippen LogP contribution in [0.5, 0.6) is 0 Å².